The lowest BCUT2D eigenvalue weighted by Gasteiger charge is -2.20. The van der Waals surface area contributed by atoms with Crippen LogP contribution in [0.1, 0.15) is 61.9 Å². The van der Waals surface area contributed by atoms with E-state index in [0.29, 0.717) is 12.4 Å². The zero-order chi connectivity index (χ0) is 15.2. The van der Waals surface area contributed by atoms with E-state index in [1.165, 1.54) is 6.39 Å². The van der Waals surface area contributed by atoms with Crippen LogP contribution in [0.5, 0.6) is 0 Å². The van der Waals surface area contributed by atoms with Gasteiger partial charge in [-0.3, -0.25) is 4.79 Å². The first-order valence-electron chi connectivity index (χ1n) is 7.68. The topological polar surface area (TPSA) is 84.6 Å². The van der Waals surface area contributed by atoms with Crippen LogP contribution in [0.25, 0.3) is 0 Å². The van der Waals surface area contributed by atoms with Crippen molar-refractivity contribution in [2.24, 2.45) is 5.92 Å². The lowest BCUT2D eigenvalue weighted by molar-refractivity contribution is 0.0781. The molecule has 0 spiro atoms. The quantitative estimate of drug-likeness (QED) is 0.804. The summed E-state index contributed by atoms with van der Waals surface area (Å²) in [4.78, 5) is 16.2. The van der Waals surface area contributed by atoms with Gasteiger partial charge in [-0.2, -0.15) is 0 Å². The van der Waals surface area contributed by atoms with Crippen LogP contribution in [0.4, 0.5) is 0 Å². The zero-order valence-corrected chi connectivity index (χ0v) is 12.7. The number of ether oxygens (including phenoxy) is 1. The molecule has 1 aromatic heterocycles. The fourth-order valence-corrected chi connectivity index (χ4v) is 2.72. The van der Waals surface area contributed by atoms with Crippen molar-refractivity contribution in [2.45, 2.75) is 51.7 Å². The standard InChI is InChI=1S/C15H24N2O4/c1-3-10(4-2)11(18)8-16-15(19)13-14(21-9-17-13)12-6-5-7-20-12/h9-12,18H,3-8H2,1-2H3,(H,16,19). The van der Waals surface area contributed by atoms with Crippen LogP contribution >= 0.6 is 0 Å². The number of oxazole rings is 1. The molecule has 2 unspecified atom stereocenters. The molecule has 0 saturated carbocycles. The molecule has 6 heteroatoms. The Morgan fingerprint density at radius 2 is 2.29 bits per heavy atom. The van der Waals surface area contributed by atoms with Crippen molar-refractivity contribution < 1.29 is 19.1 Å². The molecule has 2 heterocycles. The van der Waals surface area contributed by atoms with Crippen LogP contribution in [0, 0.1) is 5.92 Å². The molecule has 118 valence electrons. The molecule has 1 fully saturated rings. The summed E-state index contributed by atoms with van der Waals surface area (Å²) in [6, 6.07) is 0. The Morgan fingerprint density at radius 3 is 2.90 bits per heavy atom. The number of carbonyl (C=O) groups is 1. The number of aromatic nitrogens is 1. The molecule has 0 bridgehead atoms. The van der Waals surface area contributed by atoms with E-state index in [1.54, 1.807) is 0 Å². The summed E-state index contributed by atoms with van der Waals surface area (Å²) in [7, 11) is 0. The SMILES string of the molecule is CCC(CC)C(O)CNC(=O)c1ncoc1C1CCCO1. The number of hydrogen-bond acceptors (Lipinski definition) is 5. The largest absolute Gasteiger partial charge is 0.445 e. The molecule has 0 radical (unpaired) electrons. The van der Waals surface area contributed by atoms with Crippen molar-refractivity contribution in [3.05, 3.63) is 17.8 Å². The summed E-state index contributed by atoms with van der Waals surface area (Å²) in [6.07, 6.45) is 4.12. The predicted molar refractivity (Wildman–Crippen MR) is 76.8 cm³/mol. The molecule has 2 rings (SSSR count). The van der Waals surface area contributed by atoms with Gasteiger partial charge in [-0.15, -0.1) is 0 Å². The van der Waals surface area contributed by atoms with Gasteiger partial charge in [0.15, 0.2) is 17.8 Å². The number of aliphatic hydroxyl groups is 1. The molecular weight excluding hydrogens is 272 g/mol. The summed E-state index contributed by atoms with van der Waals surface area (Å²) in [5.74, 6) is 0.363. The summed E-state index contributed by atoms with van der Waals surface area (Å²) >= 11 is 0. The molecule has 6 nitrogen and oxygen atoms in total. The average molecular weight is 296 g/mol. The Labute approximate surface area is 124 Å². The molecule has 1 saturated heterocycles. The molecule has 0 aliphatic carbocycles. The number of nitrogens with one attached hydrogen (secondary N) is 1. The van der Waals surface area contributed by atoms with Gasteiger partial charge >= 0.3 is 0 Å². The van der Waals surface area contributed by atoms with Crippen molar-refractivity contribution in [2.75, 3.05) is 13.2 Å². The second-order valence-corrected chi connectivity index (χ2v) is 5.42. The summed E-state index contributed by atoms with van der Waals surface area (Å²) in [5, 5.41) is 12.8. The predicted octanol–water partition coefficient (Wildman–Crippen LogP) is 2.05. The van der Waals surface area contributed by atoms with Gasteiger partial charge < -0.3 is 19.6 Å². The first kappa shape index (κ1) is 16.0. The van der Waals surface area contributed by atoms with Crippen molar-refractivity contribution in [3.63, 3.8) is 0 Å². The van der Waals surface area contributed by atoms with Crippen LogP contribution < -0.4 is 5.32 Å². The minimum absolute atomic E-state index is 0.183. The highest BCUT2D eigenvalue weighted by Crippen LogP contribution is 2.30. The third-order valence-corrected chi connectivity index (χ3v) is 4.10. The number of rotatable bonds is 7. The van der Waals surface area contributed by atoms with Crippen LogP contribution in [-0.4, -0.2) is 35.3 Å². The summed E-state index contributed by atoms with van der Waals surface area (Å²) in [5.41, 5.74) is 0.263. The lowest BCUT2D eigenvalue weighted by atomic mass is 9.96. The second kappa shape index (κ2) is 7.56. The number of aliphatic hydroxyl groups excluding tert-OH is 1. The van der Waals surface area contributed by atoms with E-state index in [4.69, 9.17) is 9.15 Å². The van der Waals surface area contributed by atoms with Gasteiger partial charge in [-0.1, -0.05) is 26.7 Å². The van der Waals surface area contributed by atoms with Gasteiger partial charge in [-0.25, -0.2) is 4.98 Å². The number of amides is 1. The van der Waals surface area contributed by atoms with E-state index >= 15 is 0 Å². The van der Waals surface area contributed by atoms with E-state index < -0.39 is 6.10 Å². The highest BCUT2D eigenvalue weighted by atomic mass is 16.5. The third kappa shape index (κ3) is 3.83. The van der Waals surface area contributed by atoms with Crippen LogP contribution in [0.2, 0.25) is 0 Å². The van der Waals surface area contributed by atoms with Gasteiger partial charge in [-0.05, 0) is 18.8 Å². The van der Waals surface area contributed by atoms with Crippen molar-refractivity contribution in [1.82, 2.24) is 10.3 Å². The molecule has 2 N–H and O–H groups in total. The van der Waals surface area contributed by atoms with Crippen molar-refractivity contribution in [3.8, 4) is 0 Å². The summed E-state index contributed by atoms with van der Waals surface area (Å²) < 4.78 is 10.8. The van der Waals surface area contributed by atoms with Crippen LogP contribution in [0.15, 0.2) is 10.8 Å². The Balaban J connectivity index is 1.93. The fraction of sp³-hybridized carbons (Fsp3) is 0.733. The number of carbonyl (C=O) groups excluding carboxylic acids is 1. The minimum Gasteiger partial charge on any atom is -0.445 e. The molecule has 1 aliphatic rings. The van der Waals surface area contributed by atoms with E-state index in [2.05, 4.69) is 10.3 Å². The highest BCUT2D eigenvalue weighted by molar-refractivity contribution is 5.93. The van der Waals surface area contributed by atoms with E-state index in [-0.39, 0.29) is 30.2 Å². The molecule has 1 aliphatic heterocycles. The maximum absolute atomic E-state index is 12.2. The maximum atomic E-state index is 12.2. The average Bonchev–Trinajstić information content (AvgIpc) is 3.15. The molecule has 1 aromatic rings. The first-order valence-corrected chi connectivity index (χ1v) is 7.68. The van der Waals surface area contributed by atoms with Crippen molar-refractivity contribution >= 4 is 5.91 Å². The van der Waals surface area contributed by atoms with Crippen LogP contribution in [0.3, 0.4) is 0 Å². The zero-order valence-electron chi connectivity index (χ0n) is 12.7. The van der Waals surface area contributed by atoms with Crippen LogP contribution in [-0.2, 0) is 4.74 Å². The minimum atomic E-state index is -0.540. The third-order valence-electron chi connectivity index (χ3n) is 4.10. The number of hydrogen-bond donors (Lipinski definition) is 2. The van der Waals surface area contributed by atoms with Gasteiger partial charge in [0.2, 0.25) is 0 Å². The monoisotopic (exact) mass is 296 g/mol. The Bertz CT molecular complexity index is 450. The highest BCUT2D eigenvalue weighted by Gasteiger charge is 2.28. The Hall–Kier alpha value is -1.40. The van der Waals surface area contributed by atoms with E-state index in [0.717, 1.165) is 25.7 Å². The second-order valence-electron chi connectivity index (χ2n) is 5.42. The lowest BCUT2D eigenvalue weighted by Crippen LogP contribution is -2.36. The summed E-state index contributed by atoms with van der Waals surface area (Å²) in [6.45, 7) is 4.97. The molecule has 2 atom stereocenters. The molecule has 21 heavy (non-hydrogen) atoms. The first-order chi connectivity index (χ1) is 10.2. The molecule has 0 aromatic carbocycles. The fourth-order valence-electron chi connectivity index (χ4n) is 2.72. The van der Waals surface area contributed by atoms with E-state index in [1.807, 2.05) is 13.8 Å². The van der Waals surface area contributed by atoms with E-state index in [9.17, 15) is 9.90 Å². The number of nitrogens with zero attached hydrogens (tertiary/aromatic N) is 1. The smallest absolute Gasteiger partial charge is 0.273 e. The van der Waals surface area contributed by atoms with Gasteiger partial charge in [0, 0.05) is 13.2 Å². The van der Waals surface area contributed by atoms with Gasteiger partial charge in [0.25, 0.3) is 5.91 Å². The van der Waals surface area contributed by atoms with Crippen molar-refractivity contribution in [1.29, 1.82) is 0 Å². The maximum Gasteiger partial charge on any atom is 0.273 e. The molecule has 1 amide bonds. The Kier molecular flexibility index (Phi) is 5.76. The Morgan fingerprint density at radius 1 is 1.52 bits per heavy atom. The van der Waals surface area contributed by atoms with Gasteiger partial charge in [0.05, 0.1) is 6.10 Å². The van der Waals surface area contributed by atoms with Gasteiger partial charge in [0.1, 0.15) is 6.10 Å². The normalized spacial score (nSPS) is 19.9. The molecular formula is C15H24N2O4.